The van der Waals surface area contributed by atoms with E-state index >= 15 is 0 Å². The van der Waals surface area contributed by atoms with Gasteiger partial charge in [-0.15, -0.1) is 0 Å². The number of benzene rings is 1. The molecule has 3 aliphatic carbocycles. The van der Waals surface area contributed by atoms with Crippen molar-refractivity contribution in [2.45, 2.75) is 110 Å². The highest BCUT2D eigenvalue weighted by atomic mass is 19.2. The van der Waals surface area contributed by atoms with Crippen LogP contribution in [0.5, 0.6) is 0 Å². The smallest absolute Gasteiger partial charge is 0.254 e. The van der Waals surface area contributed by atoms with E-state index in [9.17, 15) is 32.6 Å². The minimum Gasteiger partial charge on any atom is -0.393 e. The van der Waals surface area contributed by atoms with E-state index in [1.54, 1.807) is 0 Å². The van der Waals surface area contributed by atoms with Crippen molar-refractivity contribution < 1.29 is 32.6 Å². The molecule has 3 N–H and O–H groups in total. The number of nitrogens with one attached hydrogen (secondary N) is 1. The van der Waals surface area contributed by atoms with Crippen LogP contribution >= 0.6 is 0 Å². The van der Waals surface area contributed by atoms with Crippen molar-refractivity contribution in [2.75, 3.05) is 0 Å². The predicted octanol–water partition coefficient (Wildman–Crippen LogP) is 7.70. The number of carbonyl (C=O) groups excluding carboxylic acids is 1. The first-order chi connectivity index (χ1) is 19.6. The van der Waals surface area contributed by atoms with E-state index in [0.29, 0.717) is 35.8 Å². The third-order valence-corrected chi connectivity index (χ3v) is 10.1. The number of amides is 1. The van der Waals surface area contributed by atoms with Gasteiger partial charge in [0.05, 0.1) is 23.3 Å². The van der Waals surface area contributed by atoms with Crippen molar-refractivity contribution >= 4 is 5.91 Å². The Morgan fingerprint density at radius 2 is 1.90 bits per heavy atom. The Labute approximate surface area is 247 Å². The number of hydrogen-bond acceptors (Lipinski definition) is 3. The van der Waals surface area contributed by atoms with Gasteiger partial charge in [-0.3, -0.25) is 4.79 Å². The van der Waals surface area contributed by atoms with E-state index in [0.717, 1.165) is 44.1 Å². The molecule has 0 radical (unpaired) electrons. The topological polar surface area (TPSA) is 69.6 Å². The van der Waals surface area contributed by atoms with Crippen LogP contribution in [0.1, 0.15) is 102 Å². The van der Waals surface area contributed by atoms with Crippen LogP contribution in [-0.4, -0.2) is 33.9 Å². The van der Waals surface area contributed by atoms with Crippen LogP contribution in [-0.2, 0) is 0 Å². The third-order valence-electron chi connectivity index (χ3n) is 10.1. The maximum atomic E-state index is 14.2. The molecule has 0 spiro atoms. The maximum Gasteiger partial charge on any atom is 0.254 e. The summed E-state index contributed by atoms with van der Waals surface area (Å²) in [5.41, 5.74) is 1.30. The Morgan fingerprint density at radius 3 is 2.60 bits per heavy atom. The summed E-state index contributed by atoms with van der Waals surface area (Å²) in [7, 11) is 0. The van der Waals surface area contributed by atoms with Gasteiger partial charge in [0, 0.05) is 0 Å². The molecule has 1 aromatic carbocycles. The van der Waals surface area contributed by atoms with Gasteiger partial charge in [-0.1, -0.05) is 51.0 Å². The lowest BCUT2D eigenvalue weighted by Crippen LogP contribution is -2.42. The van der Waals surface area contributed by atoms with E-state index in [2.05, 4.69) is 31.8 Å². The highest BCUT2D eigenvalue weighted by molar-refractivity contribution is 5.95. The van der Waals surface area contributed by atoms with Crippen LogP contribution in [0.25, 0.3) is 0 Å². The summed E-state index contributed by atoms with van der Waals surface area (Å²) in [4.78, 5) is 12.7. The molecule has 232 valence electrons. The number of hydrogen-bond donors (Lipinski definition) is 3. The largest absolute Gasteiger partial charge is 0.393 e. The highest BCUT2D eigenvalue weighted by Gasteiger charge is 2.50. The van der Waals surface area contributed by atoms with Crippen molar-refractivity contribution in [3.8, 4) is 0 Å². The number of aliphatic hydroxyl groups is 2. The van der Waals surface area contributed by atoms with E-state index in [-0.39, 0.29) is 11.8 Å². The van der Waals surface area contributed by atoms with Crippen LogP contribution < -0.4 is 5.32 Å². The van der Waals surface area contributed by atoms with Crippen molar-refractivity contribution in [3.63, 3.8) is 0 Å². The summed E-state index contributed by atoms with van der Waals surface area (Å²) in [6.07, 6.45) is 12.3. The average molecular weight is 592 g/mol. The Balaban J connectivity index is 1.47. The molecule has 3 saturated carbocycles. The summed E-state index contributed by atoms with van der Waals surface area (Å²) in [5, 5.41) is 23.2. The van der Waals surface area contributed by atoms with Crippen molar-refractivity contribution in [2.24, 2.45) is 23.2 Å². The quantitative estimate of drug-likeness (QED) is 0.165. The zero-order valence-electron chi connectivity index (χ0n) is 25.2. The lowest BCUT2D eigenvalue weighted by molar-refractivity contribution is 0.0596. The van der Waals surface area contributed by atoms with Gasteiger partial charge in [0.2, 0.25) is 0 Å². The lowest BCUT2D eigenvalue weighted by atomic mass is 9.60. The molecular formula is C34H45F4NO3. The summed E-state index contributed by atoms with van der Waals surface area (Å²) >= 11 is 0. The SMILES string of the molecule is C=C1/C(=C\C=C2/CCC[C@]3(C)[C@@H]([C@H](C)CCCC(C)(C)O)CC[C@@H]23)C[C@@H](O)CC1NC(=O)c1cc(F)c(F)c(F)c1F. The van der Waals surface area contributed by atoms with Gasteiger partial charge in [-0.2, -0.15) is 0 Å². The first kappa shape index (κ1) is 32.5. The van der Waals surface area contributed by atoms with Gasteiger partial charge in [-0.05, 0) is 106 Å². The molecule has 0 heterocycles. The second-order valence-electron chi connectivity index (χ2n) is 13.7. The van der Waals surface area contributed by atoms with Crippen molar-refractivity contribution in [1.82, 2.24) is 5.32 Å². The fourth-order valence-electron chi connectivity index (χ4n) is 7.88. The lowest BCUT2D eigenvalue weighted by Gasteiger charge is -2.44. The molecule has 0 bridgehead atoms. The summed E-state index contributed by atoms with van der Waals surface area (Å²) in [6.45, 7) is 12.6. The Bertz CT molecular complexity index is 1270. The third kappa shape index (κ3) is 6.85. The van der Waals surface area contributed by atoms with Gasteiger partial charge in [-0.25, -0.2) is 17.6 Å². The van der Waals surface area contributed by atoms with Gasteiger partial charge in [0.1, 0.15) is 0 Å². The second-order valence-corrected chi connectivity index (χ2v) is 13.7. The zero-order valence-corrected chi connectivity index (χ0v) is 25.2. The average Bonchev–Trinajstić information content (AvgIpc) is 3.27. The first-order valence-electron chi connectivity index (χ1n) is 15.3. The molecule has 4 nitrogen and oxygen atoms in total. The second kappa shape index (κ2) is 12.7. The number of rotatable bonds is 8. The molecule has 8 heteroatoms. The molecule has 0 saturated heterocycles. The molecule has 0 aromatic heterocycles. The molecule has 42 heavy (non-hydrogen) atoms. The van der Waals surface area contributed by atoms with Crippen molar-refractivity contribution in [3.05, 3.63) is 70.3 Å². The van der Waals surface area contributed by atoms with Gasteiger partial charge in [0.25, 0.3) is 5.91 Å². The predicted molar refractivity (Wildman–Crippen MR) is 156 cm³/mol. The Morgan fingerprint density at radius 1 is 1.19 bits per heavy atom. The monoisotopic (exact) mass is 591 g/mol. The molecule has 4 rings (SSSR count). The molecule has 1 amide bonds. The van der Waals surface area contributed by atoms with Crippen LogP contribution in [0.15, 0.2) is 41.5 Å². The summed E-state index contributed by atoms with van der Waals surface area (Å²) < 4.78 is 54.9. The van der Waals surface area contributed by atoms with Gasteiger partial charge in [0.15, 0.2) is 23.3 Å². The number of halogens is 4. The minimum absolute atomic E-state index is 0.111. The van der Waals surface area contributed by atoms with Crippen molar-refractivity contribution in [1.29, 1.82) is 0 Å². The number of fused-ring (bicyclic) bond motifs is 1. The zero-order chi connectivity index (χ0) is 31.0. The molecule has 0 aliphatic heterocycles. The maximum absolute atomic E-state index is 14.2. The normalized spacial score (nSPS) is 31.0. The standard InChI is InChI=1S/C34H45F4NO3/c1-19(8-6-14-33(3,4)42)25-12-13-26-21(9-7-15-34(25,26)5)10-11-22-16-23(40)17-28(20(22)2)39-32(41)24-18-27(35)30(37)31(38)29(24)36/h10-11,18-19,23,25-26,28,40,42H,2,6-9,12-17H2,1,3-5H3,(H,39,41)/b21-10+,22-11-/t19-,23-,25-,26+,28?,34-/m1/s1. The Hall–Kier alpha value is -2.45. The molecule has 6 atom stereocenters. The molecule has 1 aromatic rings. The molecule has 1 unspecified atom stereocenters. The Kier molecular flexibility index (Phi) is 9.78. The van der Waals surface area contributed by atoms with Gasteiger partial charge < -0.3 is 15.5 Å². The van der Waals surface area contributed by atoms with E-state index in [1.807, 2.05) is 19.9 Å². The molecular weight excluding hydrogens is 546 g/mol. The van der Waals surface area contributed by atoms with E-state index in [4.69, 9.17) is 0 Å². The summed E-state index contributed by atoms with van der Waals surface area (Å²) in [5.74, 6) is -6.91. The minimum atomic E-state index is -2.05. The van der Waals surface area contributed by atoms with Gasteiger partial charge >= 0.3 is 0 Å². The first-order valence-corrected chi connectivity index (χ1v) is 15.3. The van der Waals surface area contributed by atoms with Crippen LogP contribution in [0.4, 0.5) is 17.6 Å². The fourth-order valence-corrected chi connectivity index (χ4v) is 7.88. The number of aliphatic hydroxyl groups excluding tert-OH is 1. The molecule has 3 aliphatic rings. The van der Waals surface area contributed by atoms with Crippen LogP contribution in [0.2, 0.25) is 0 Å². The van der Waals surface area contributed by atoms with E-state index < -0.39 is 52.5 Å². The highest BCUT2D eigenvalue weighted by Crippen LogP contribution is 2.60. The fraction of sp³-hybridized carbons (Fsp3) is 0.618. The van der Waals surface area contributed by atoms with Crippen LogP contribution in [0, 0.1) is 46.4 Å². The van der Waals surface area contributed by atoms with Crippen LogP contribution in [0.3, 0.4) is 0 Å². The summed E-state index contributed by atoms with van der Waals surface area (Å²) in [6, 6.07) is -0.450. The van der Waals surface area contributed by atoms with E-state index in [1.165, 1.54) is 18.4 Å². The number of carbonyl (C=O) groups is 1. The number of allylic oxidation sites excluding steroid dienone is 3. The molecule has 3 fully saturated rings.